The molecule has 1 N–H and O–H groups in total. The Morgan fingerprint density at radius 1 is 1.26 bits per heavy atom. The number of hydrogen-bond acceptors (Lipinski definition) is 3. The van der Waals surface area contributed by atoms with E-state index in [1.165, 1.54) is 6.92 Å². The van der Waals surface area contributed by atoms with Gasteiger partial charge in [-0.1, -0.05) is 41.4 Å². The molecule has 3 rings (SSSR count). The highest BCUT2D eigenvalue weighted by Crippen LogP contribution is 2.39. The van der Waals surface area contributed by atoms with Gasteiger partial charge in [-0.15, -0.1) is 0 Å². The predicted octanol–water partition coefficient (Wildman–Crippen LogP) is 3.95. The lowest BCUT2D eigenvalue weighted by Crippen LogP contribution is -2.37. The number of aryl methyl sites for hydroxylation is 2. The molecule has 1 aliphatic rings. The molecule has 0 fully saturated rings. The van der Waals surface area contributed by atoms with E-state index < -0.39 is 6.04 Å². The van der Waals surface area contributed by atoms with Gasteiger partial charge in [0, 0.05) is 19.0 Å². The molecular formula is C21H23ClN2O3. The predicted molar refractivity (Wildman–Crippen MR) is 106 cm³/mol. The fourth-order valence-corrected chi connectivity index (χ4v) is 3.70. The van der Waals surface area contributed by atoms with Crippen molar-refractivity contribution in [2.24, 2.45) is 0 Å². The molecular weight excluding hydrogens is 364 g/mol. The summed E-state index contributed by atoms with van der Waals surface area (Å²) >= 11 is 6.09. The van der Waals surface area contributed by atoms with Crippen LogP contribution in [0.4, 0.5) is 5.69 Å². The number of nitrogens with one attached hydrogen (secondary N) is 1. The third-order valence-electron chi connectivity index (χ3n) is 4.54. The second kappa shape index (κ2) is 8.01. The van der Waals surface area contributed by atoms with Crippen LogP contribution >= 0.6 is 11.6 Å². The number of anilines is 1. The quantitative estimate of drug-likeness (QED) is 0.765. The van der Waals surface area contributed by atoms with Crippen LogP contribution in [0.5, 0.6) is 5.75 Å². The normalized spacial score (nSPS) is 15.6. The first kappa shape index (κ1) is 19.2. The van der Waals surface area contributed by atoms with Crippen molar-refractivity contribution in [3.8, 4) is 5.75 Å². The molecule has 27 heavy (non-hydrogen) atoms. The monoisotopic (exact) mass is 386 g/mol. The number of halogens is 1. The van der Waals surface area contributed by atoms with Crippen LogP contribution < -0.4 is 15.0 Å². The third kappa shape index (κ3) is 4.08. The van der Waals surface area contributed by atoms with Crippen LogP contribution in [0.15, 0.2) is 36.4 Å². The molecule has 0 aliphatic carbocycles. The van der Waals surface area contributed by atoms with E-state index in [2.05, 4.69) is 11.4 Å². The van der Waals surface area contributed by atoms with Gasteiger partial charge in [0.2, 0.25) is 5.91 Å². The molecule has 0 saturated heterocycles. The Bertz CT molecular complexity index is 882. The van der Waals surface area contributed by atoms with E-state index in [9.17, 15) is 9.59 Å². The molecule has 0 spiro atoms. The Labute approximate surface area is 164 Å². The SMILES string of the molecule is CC(=O)N[C@@H]1C(=O)N(CCCOc2ccccc2Cl)c2c(C)cc(C)cc21. The van der Waals surface area contributed by atoms with Crippen molar-refractivity contribution in [1.29, 1.82) is 0 Å². The van der Waals surface area contributed by atoms with Gasteiger partial charge in [-0.3, -0.25) is 9.59 Å². The number of nitrogens with zero attached hydrogens (tertiary/aromatic N) is 1. The van der Waals surface area contributed by atoms with E-state index in [0.717, 1.165) is 22.4 Å². The van der Waals surface area contributed by atoms with Crippen molar-refractivity contribution < 1.29 is 14.3 Å². The zero-order chi connectivity index (χ0) is 19.6. The van der Waals surface area contributed by atoms with Gasteiger partial charge in [-0.25, -0.2) is 0 Å². The zero-order valence-electron chi connectivity index (χ0n) is 15.7. The molecule has 2 aromatic carbocycles. The van der Waals surface area contributed by atoms with E-state index >= 15 is 0 Å². The van der Waals surface area contributed by atoms with Gasteiger partial charge < -0.3 is 15.0 Å². The molecule has 2 aromatic rings. The maximum absolute atomic E-state index is 12.9. The van der Waals surface area contributed by atoms with Crippen molar-refractivity contribution in [3.05, 3.63) is 58.1 Å². The van der Waals surface area contributed by atoms with E-state index in [1.807, 2.05) is 38.1 Å². The van der Waals surface area contributed by atoms with E-state index in [1.54, 1.807) is 11.0 Å². The average molecular weight is 387 g/mol. The van der Waals surface area contributed by atoms with Crippen molar-refractivity contribution in [2.45, 2.75) is 33.2 Å². The standard InChI is InChI=1S/C21H23ClN2O3/c1-13-11-14(2)20-16(12-13)19(23-15(3)25)21(26)24(20)9-6-10-27-18-8-5-4-7-17(18)22/h4-5,7-8,11-12,19H,6,9-10H2,1-3H3,(H,23,25)/t19-/m0/s1. The minimum atomic E-state index is -0.624. The number of para-hydroxylation sites is 1. The molecule has 5 nitrogen and oxygen atoms in total. The van der Waals surface area contributed by atoms with Crippen LogP contribution in [0.1, 0.15) is 36.1 Å². The molecule has 6 heteroatoms. The summed E-state index contributed by atoms with van der Waals surface area (Å²) in [4.78, 5) is 26.2. The molecule has 1 atom stereocenters. The summed E-state index contributed by atoms with van der Waals surface area (Å²) in [5, 5.41) is 3.34. The fourth-order valence-electron chi connectivity index (χ4n) is 3.51. The first-order valence-corrected chi connectivity index (χ1v) is 9.33. The van der Waals surface area contributed by atoms with Gasteiger partial charge >= 0.3 is 0 Å². The molecule has 0 radical (unpaired) electrons. The van der Waals surface area contributed by atoms with Gasteiger partial charge in [0.25, 0.3) is 5.91 Å². The fraction of sp³-hybridized carbons (Fsp3) is 0.333. The van der Waals surface area contributed by atoms with Crippen molar-refractivity contribution >= 4 is 29.1 Å². The summed E-state index contributed by atoms with van der Waals surface area (Å²) in [5.74, 6) is 0.309. The van der Waals surface area contributed by atoms with Crippen molar-refractivity contribution in [1.82, 2.24) is 5.32 Å². The van der Waals surface area contributed by atoms with Gasteiger partial charge in [-0.2, -0.15) is 0 Å². The lowest BCUT2D eigenvalue weighted by atomic mass is 10.0. The van der Waals surface area contributed by atoms with Crippen LogP contribution in [0.25, 0.3) is 0 Å². The third-order valence-corrected chi connectivity index (χ3v) is 4.85. The highest BCUT2D eigenvalue weighted by atomic mass is 35.5. The summed E-state index contributed by atoms with van der Waals surface area (Å²) in [5.41, 5.74) is 3.85. The van der Waals surface area contributed by atoms with Crippen LogP contribution in [-0.4, -0.2) is 25.0 Å². The van der Waals surface area contributed by atoms with Gasteiger partial charge in [0.15, 0.2) is 0 Å². The summed E-state index contributed by atoms with van der Waals surface area (Å²) in [7, 11) is 0. The Balaban J connectivity index is 1.73. The first-order valence-electron chi connectivity index (χ1n) is 8.95. The number of ether oxygens (including phenoxy) is 1. The summed E-state index contributed by atoms with van der Waals surface area (Å²) < 4.78 is 5.72. The Morgan fingerprint density at radius 3 is 2.70 bits per heavy atom. The lowest BCUT2D eigenvalue weighted by Gasteiger charge is -2.20. The van der Waals surface area contributed by atoms with E-state index in [4.69, 9.17) is 16.3 Å². The molecule has 0 bridgehead atoms. The highest BCUT2D eigenvalue weighted by molar-refractivity contribution is 6.32. The number of amides is 2. The maximum atomic E-state index is 12.9. The Kier molecular flexibility index (Phi) is 5.71. The number of hydrogen-bond donors (Lipinski definition) is 1. The average Bonchev–Trinajstić information content (AvgIpc) is 2.85. The molecule has 0 saturated carbocycles. The summed E-state index contributed by atoms with van der Waals surface area (Å²) in [6.07, 6.45) is 0.649. The minimum absolute atomic E-state index is 0.105. The number of carbonyl (C=O) groups excluding carboxylic acids is 2. The second-order valence-electron chi connectivity index (χ2n) is 6.78. The molecule has 0 unspecified atom stereocenters. The number of carbonyl (C=O) groups is 2. The van der Waals surface area contributed by atoms with Crippen LogP contribution in [0.2, 0.25) is 5.02 Å². The molecule has 142 valence electrons. The van der Waals surface area contributed by atoms with Crippen molar-refractivity contribution in [2.75, 3.05) is 18.1 Å². The van der Waals surface area contributed by atoms with Gasteiger partial charge in [0.1, 0.15) is 11.8 Å². The van der Waals surface area contributed by atoms with Crippen LogP contribution in [-0.2, 0) is 9.59 Å². The lowest BCUT2D eigenvalue weighted by molar-refractivity contribution is -0.126. The molecule has 0 aromatic heterocycles. The largest absolute Gasteiger partial charge is 0.492 e. The Morgan fingerprint density at radius 2 is 2.00 bits per heavy atom. The van der Waals surface area contributed by atoms with E-state index in [0.29, 0.717) is 30.3 Å². The molecule has 1 heterocycles. The number of fused-ring (bicyclic) bond motifs is 1. The topological polar surface area (TPSA) is 58.6 Å². The first-order chi connectivity index (χ1) is 12.9. The zero-order valence-corrected chi connectivity index (χ0v) is 16.5. The van der Waals surface area contributed by atoms with Crippen LogP contribution in [0, 0.1) is 13.8 Å². The van der Waals surface area contributed by atoms with E-state index in [-0.39, 0.29) is 11.8 Å². The van der Waals surface area contributed by atoms with Gasteiger partial charge in [-0.05, 0) is 38.0 Å². The smallest absolute Gasteiger partial charge is 0.254 e. The number of rotatable bonds is 6. The summed E-state index contributed by atoms with van der Waals surface area (Å²) in [6, 6.07) is 10.7. The molecule has 2 amide bonds. The summed E-state index contributed by atoms with van der Waals surface area (Å²) in [6.45, 7) is 6.36. The second-order valence-corrected chi connectivity index (χ2v) is 7.18. The Hall–Kier alpha value is -2.53. The van der Waals surface area contributed by atoms with Gasteiger partial charge in [0.05, 0.1) is 17.3 Å². The highest BCUT2D eigenvalue weighted by Gasteiger charge is 2.38. The van der Waals surface area contributed by atoms with Crippen molar-refractivity contribution in [3.63, 3.8) is 0 Å². The van der Waals surface area contributed by atoms with Crippen LogP contribution in [0.3, 0.4) is 0 Å². The minimum Gasteiger partial charge on any atom is -0.492 e. The maximum Gasteiger partial charge on any atom is 0.254 e. The number of benzene rings is 2. The molecule has 1 aliphatic heterocycles.